The molecule has 2 N–H and O–H groups in total. The van der Waals surface area contributed by atoms with Crippen molar-refractivity contribution in [3.05, 3.63) is 10.3 Å². The number of rotatable bonds is 4. The Morgan fingerprint density at radius 2 is 2.27 bits per heavy atom. The molecule has 88 valence electrons. The Bertz CT molecular complexity index is 368. The summed E-state index contributed by atoms with van der Waals surface area (Å²) in [5, 5.41) is -1.01. The van der Waals surface area contributed by atoms with Gasteiger partial charge in [0.15, 0.2) is 14.9 Å². The van der Waals surface area contributed by atoms with Gasteiger partial charge < -0.3 is 4.74 Å². The van der Waals surface area contributed by atoms with E-state index in [-0.39, 0.29) is 10.6 Å². The third kappa shape index (κ3) is 2.76. The molecule has 0 fully saturated rings. The quantitative estimate of drug-likeness (QED) is 0.627. The highest BCUT2D eigenvalue weighted by atomic mass is 79.9. The predicted molar refractivity (Wildman–Crippen MR) is 66.4 cm³/mol. The zero-order valence-corrected chi connectivity index (χ0v) is 11.8. The smallest absolute Gasteiger partial charge is 0.185 e. The maximum atomic E-state index is 11.6. The van der Waals surface area contributed by atoms with Gasteiger partial charge in [-0.15, -0.1) is 0 Å². The standard InChI is InChI=1S/C8H14BrNO3S2/c1-3-13-8(10)6(9)5-7(14-8)15(11,12)4-2/h5-6H,3-4,10H2,1-2H3. The fourth-order valence-electron chi connectivity index (χ4n) is 1.13. The Balaban J connectivity index is 2.90. The van der Waals surface area contributed by atoms with Crippen molar-refractivity contribution < 1.29 is 13.2 Å². The van der Waals surface area contributed by atoms with Gasteiger partial charge in [0.05, 0.1) is 10.6 Å². The molecule has 0 aromatic rings. The second-order valence-electron chi connectivity index (χ2n) is 3.05. The van der Waals surface area contributed by atoms with Crippen LogP contribution in [0.25, 0.3) is 0 Å². The molecule has 1 heterocycles. The van der Waals surface area contributed by atoms with Gasteiger partial charge in [-0.1, -0.05) is 34.6 Å². The molecule has 15 heavy (non-hydrogen) atoms. The van der Waals surface area contributed by atoms with Gasteiger partial charge in [-0.05, 0) is 13.0 Å². The van der Waals surface area contributed by atoms with Crippen LogP contribution in [0.15, 0.2) is 10.3 Å². The third-order valence-corrected chi connectivity index (χ3v) is 6.78. The van der Waals surface area contributed by atoms with Crippen molar-refractivity contribution in [2.24, 2.45) is 5.73 Å². The number of alkyl halides is 1. The molecule has 0 saturated carbocycles. The van der Waals surface area contributed by atoms with Crippen LogP contribution < -0.4 is 5.73 Å². The van der Waals surface area contributed by atoms with Crippen LogP contribution in [-0.4, -0.2) is 30.7 Å². The highest BCUT2D eigenvalue weighted by molar-refractivity contribution is 9.09. The Morgan fingerprint density at radius 3 is 2.73 bits per heavy atom. The van der Waals surface area contributed by atoms with Gasteiger partial charge in [-0.3, -0.25) is 5.73 Å². The second-order valence-corrected chi connectivity index (χ2v) is 7.82. The minimum atomic E-state index is -3.19. The van der Waals surface area contributed by atoms with Crippen molar-refractivity contribution in [3.63, 3.8) is 0 Å². The van der Waals surface area contributed by atoms with Crippen LogP contribution in [-0.2, 0) is 14.6 Å². The fourth-order valence-corrected chi connectivity index (χ4v) is 4.91. The van der Waals surface area contributed by atoms with Crippen molar-refractivity contribution in [2.45, 2.75) is 23.7 Å². The van der Waals surface area contributed by atoms with Crippen LogP contribution in [0.4, 0.5) is 0 Å². The van der Waals surface area contributed by atoms with Gasteiger partial charge in [-0.2, -0.15) is 0 Å². The van der Waals surface area contributed by atoms with Gasteiger partial charge in [0, 0.05) is 6.61 Å². The first-order valence-corrected chi connectivity index (χ1v) is 7.94. The monoisotopic (exact) mass is 315 g/mol. The molecule has 1 rings (SSSR count). The third-order valence-electron chi connectivity index (χ3n) is 1.98. The summed E-state index contributed by atoms with van der Waals surface area (Å²) >= 11 is 4.37. The summed E-state index contributed by atoms with van der Waals surface area (Å²) in [5.41, 5.74) is 5.93. The van der Waals surface area contributed by atoms with E-state index >= 15 is 0 Å². The van der Waals surface area contributed by atoms with E-state index in [0.717, 1.165) is 11.8 Å². The highest BCUT2D eigenvalue weighted by Crippen LogP contribution is 2.45. The van der Waals surface area contributed by atoms with Crippen LogP contribution in [0.5, 0.6) is 0 Å². The summed E-state index contributed by atoms with van der Waals surface area (Å²) in [5.74, 6) is 0.0771. The van der Waals surface area contributed by atoms with Crippen molar-refractivity contribution in [2.75, 3.05) is 12.4 Å². The fraction of sp³-hybridized carbons (Fsp3) is 0.750. The Morgan fingerprint density at radius 1 is 1.67 bits per heavy atom. The summed E-state index contributed by atoms with van der Waals surface area (Å²) in [4.78, 5) is -0.286. The number of hydrogen-bond acceptors (Lipinski definition) is 5. The average Bonchev–Trinajstić information content (AvgIpc) is 2.45. The lowest BCUT2D eigenvalue weighted by Crippen LogP contribution is -2.44. The minimum absolute atomic E-state index is 0.0771. The molecule has 0 saturated heterocycles. The molecule has 7 heteroatoms. The topological polar surface area (TPSA) is 69.4 Å². The van der Waals surface area contributed by atoms with E-state index in [0.29, 0.717) is 10.8 Å². The van der Waals surface area contributed by atoms with Crippen molar-refractivity contribution in [1.82, 2.24) is 0 Å². The molecule has 4 nitrogen and oxygen atoms in total. The van der Waals surface area contributed by atoms with Crippen molar-refractivity contribution in [3.8, 4) is 0 Å². The largest absolute Gasteiger partial charge is 0.350 e. The number of hydrogen-bond donors (Lipinski definition) is 1. The SMILES string of the molecule is CCOC1(N)SC(S(=O)(=O)CC)=CC1Br. The first kappa shape index (κ1) is 13.5. The number of halogens is 1. The van der Waals surface area contributed by atoms with Crippen molar-refractivity contribution in [1.29, 1.82) is 0 Å². The molecule has 0 aliphatic carbocycles. The van der Waals surface area contributed by atoms with E-state index in [1.165, 1.54) is 0 Å². The zero-order valence-electron chi connectivity index (χ0n) is 8.57. The predicted octanol–water partition coefficient (Wildman–Crippen LogP) is 1.42. The summed E-state index contributed by atoms with van der Waals surface area (Å²) in [7, 11) is -3.19. The second kappa shape index (κ2) is 4.75. The van der Waals surface area contributed by atoms with Gasteiger partial charge in [0.25, 0.3) is 0 Å². The normalized spacial score (nSPS) is 31.7. The van der Waals surface area contributed by atoms with E-state index in [2.05, 4.69) is 15.9 Å². The summed E-state index contributed by atoms with van der Waals surface area (Å²) in [6.07, 6.45) is 1.60. The van der Waals surface area contributed by atoms with Gasteiger partial charge in [0.2, 0.25) is 0 Å². The first-order valence-electron chi connectivity index (χ1n) is 4.56. The molecule has 0 amide bonds. The van der Waals surface area contributed by atoms with Gasteiger partial charge in [0.1, 0.15) is 4.24 Å². The summed E-state index contributed by atoms with van der Waals surface area (Å²) in [6, 6.07) is 0. The van der Waals surface area contributed by atoms with E-state index < -0.39 is 14.9 Å². The molecular formula is C8H14BrNO3S2. The van der Waals surface area contributed by atoms with Gasteiger partial charge >= 0.3 is 0 Å². The van der Waals surface area contributed by atoms with E-state index in [4.69, 9.17) is 10.5 Å². The van der Waals surface area contributed by atoms with Crippen LogP contribution in [0, 0.1) is 0 Å². The highest BCUT2D eigenvalue weighted by Gasteiger charge is 2.43. The number of nitrogens with two attached hydrogens (primary N) is 1. The lowest BCUT2D eigenvalue weighted by atomic mass is 10.4. The van der Waals surface area contributed by atoms with Crippen LogP contribution in [0.3, 0.4) is 0 Å². The molecule has 0 aromatic heterocycles. The van der Waals surface area contributed by atoms with Crippen LogP contribution in [0.1, 0.15) is 13.8 Å². The molecule has 1 aliphatic rings. The molecule has 0 spiro atoms. The summed E-state index contributed by atoms with van der Waals surface area (Å²) < 4.78 is 28.9. The minimum Gasteiger partial charge on any atom is -0.350 e. The zero-order chi connectivity index (χ0) is 11.7. The average molecular weight is 316 g/mol. The number of ether oxygens (including phenoxy) is 1. The van der Waals surface area contributed by atoms with E-state index in [1.54, 1.807) is 13.0 Å². The number of thioether (sulfide) groups is 1. The lowest BCUT2D eigenvalue weighted by Gasteiger charge is -2.26. The maximum absolute atomic E-state index is 11.6. The van der Waals surface area contributed by atoms with Crippen molar-refractivity contribution >= 4 is 37.5 Å². The first-order chi connectivity index (χ1) is 6.85. The lowest BCUT2D eigenvalue weighted by molar-refractivity contribution is 0.0486. The maximum Gasteiger partial charge on any atom is 0.185 e. The van der Waals surface area contributed by atoms with E-state index in [1.807, 2.05) is 6.92 Å². The van der Waals surface area contributed by atoms with Crippen LogP contribution in [0.2, 0.25) is 0 Å². The molecule has 1 aliphatic heterocycles. The molecule has 0 bridgehead atoms. The Hall–Kier alpha value is 0.440. The Kier molecular flexibility index (Phi) is 4.27. The van der Waals surface area contributed by atoms with Gasteiger partial charge in [-0.25, -0.2) is 8.42 Å². The van der Waals surface area contributed by atoms with E-state index in [9.17, 15) is 8.42 Å². The molecule has 0 aromatic carbocycles. The molecular weight excluding hydrogens is 302 g/mol. The molecule has 0 radical (unpaired) electrons. The summed E-state index contributed by atoms with van der Waals surface area (Å²) in [6.45, 7) is 3.87. The van der Waals surface area contributed by atoms with Crippen LogP contribution >= 0.6 is 27.7 Å². The molecule has 2 unspecified atom stereocenters. The molecule has 2 atom stereocenters. The number of sulfone groups is 1. The Labute approximate surface area is 103 Å².